The average molecular weight is 383 g/mol. The number of amides is 1. The normalized spacial score (nSPS) is 16.5. The molecule has 28 heavy (non-hydrogen) atoms. The summed E-state index contributed by atoms with van der Waals surface area (Å²) < 4.78 is 15.8. The number of Topliss-reactive ketones (excluding diaryl/α,β-unsaturated/α-hetero) is 1. The zero-order valence-electron chi connectivity index (χ0n) is 15.5. The van der Waals surface area contributed by atoms with Crippen molar-refractivity contribution in [1.82, 2.24) is 4.90 Å². The number of benzene rings is 1. The number of ketones is 1. The topological polar surface area (TPSA) is 89.2 Å². The molecule has 1 atom stereocenters. The maximum absolute atomic E-state index is 13.0. The molecule has 7 heteroatoms. The zero-order valence-corrected chi connectivity index (χ0v) is 15.5. The van der Waals surface area contributed by atoms with Crippen LogP contribution in [0.2, 0.25) is 0 Å². The van der Waals surface area contributed by atoms with Crippen molar-refractivity contribution in [1.29, 1.82) is 0 Å². The predicted molar refractivity (Wildman–Crippen MR) is 101 cm³/mol. The molecule has 146 valence electrons. The number of nitrogens with zero attached hydrogens (tertiary/aromatic N) is 1. The van der Waals surface area contributed by atoms with E-state index in [9.17, 15) is 14.7 Å². The Balaban J connectivity index is 2.04. The molecule has 0 unspecified atom stereocenters. The highest BCUT2D eigenvalue weighted by Gasteiger charge is 2.44. The van der Waals surface area contributed by atoms with Crippen molar-refractivity contribution in [2.24, 2.45) is 0 Å². The molecule has 7 nitrogen and oxygen atoms in total. The first-order chi connectivity index (χ1) is 13.6. The Kier molecular flexibility index (Phi) is 5.96. The van der Waals surface area contributed by atoms with Gasteiger partial charge in [-0.25, -0.2) is 0 Å². The van der Waals surface area contributed by atoms with E-state index in [0.717, 1.165) is 0 Å². The molecule has 1 aliphatic rings. The lowest BCUT2D eigenvalue weighted by Gasteiger charge is -2.26. The highest BCUT2D eigenvalue weighted by atomic mass is 16.5. The van der Waals surface area contributed by atoms with Gasteiger partial charge in [0.15, 0.2) is 11.5 Å². The molecule has 1 aliphatic heterocycles. The third-order valence-corrected chi connectivity index (χ3v) is 4.37. The van der Waals surface area contributed by atoms with Crippen LogP contribution < -0.4 is 4.74 Å². The minimum absolute atomic E-state index is 0.0306. The van der Waals surface area contributed by atoms with Gasteiger partial charge in [-0.15, -0.1) is 0 Å². The van der Waals surface area contributed by atoms with Gasteiger partial charge >= 0.3 is 0 Å². The minimum Gasteiger partial charge on any atom is -0.503 e. The summed E-state index contributed by atoms with van der Waals surface area (Å²) in [6.07, 6.45) is 2.98. The number of aliphatic hydroxyl groups excluding tert-OH is 1. The Morgan fingerprint density at radius 1 is 1.36 bits per heavy atom. The Morgan fingerprint density at radius 3 is 2.86 bits per heavy atom. The Bertz CT molecular complexity index is 899. The molecule has 1 aromatic carbocycles. The Hall–Kier alpha value is -3.32. The van der Waals surface area contributed by atoms with E-state index in [0.29, 0.717) is 17.9 Å². The summed E-state index contributed by atoms with van der Waals surface area (Å²) in [5.74, 6) is -1.15. The summed E-state index contributed by atoms with van der Waals surface area (Å²) in [5.41, 5.74) is 0.599. The number of ether oxygens (including phenoxy) is 2. The van der Waals surface area contributed by atoms with Crippen molar-refractivity contribution in [3.63, 3.8) is 0 Å². The maximum Gasteiger partial charge on any atom is 0.290 e. The monoisotopic (exact) mass is 383 g/mol. The van der Waals surface area contributed by atoms with Crippen LogP contribution in [0.15, 0.2) is 71.1 Å². The van der Waals surface area contributed by atoms with Gasteiger partial charge in [0.1, 0.15) is 12.4 Å². The molecule has 0 saturated carbocycles. The van der Waals surface area contributed by atoms with Crippen molar-refractivity contribution in [2.45, 2.75) is 6.04 Å². The van der Waals surface area contributed by atoms with E-state index < -0.39 is 23.5 Å². The van der Waals surface area contributed by atoms with Crippen LogP contribution in [-0.2, 0) is 9.53 Å². The first-order valence-electron chi connectivity index (χ1n) is 8.73. The third kappa shape index (κ3) is 3.70. The van der Waals surface area contributed by atoms with Crippen LogP contribution in [0, 0.1) is 0 Å². The lowest BCUT2D eigenvalue weighted by molar-refractivity contribution is -0.130. The van der Waals surface area contributed by atoms with Gasteiger partial charge in [-0.05, 0) is 29.8 Å². The molecule has 3 rings (SSSR count). The van der Waals surface area contributed by atoms with Gasteiger partial charge < -0.3 is 23.9 Å². The highest BCUT2D eigenvalue weighted by Crippen LogP contribution is 2.39. The second kappa shape index (κ2) is 8.58. The molecule has 1 N–H and O–H groups in total. The number of carbonyl (C=O) groups is 2. The van der Waals surface area contributed by atoms with Gasteiger partial charge in [-0.1, -0.05) is 24.8 Å². The summed E-state index contributed by atoms with van der Waals surface area (Å²) in [6.45, 7) is 4.40. The van der Waals surface area contributed by atoms with Crippen LogP contribution in [0.5, 0.6) is 5.75 Å². The molecule has 0 spiro atoms. The summed E-state index contributed by atoms with van der Waals surface area (Å²) in [7, 11) is 1.52. The molecule has 1 amide bonds. The van der Waals surface area contributed by atoms with Gasteiger partial charge in [0.05, 0.1) is 24.5 Å². The molecule has 0 saturated heterocycles. The van der Waals surface area contributed by atoms with Gasteiger partial charge in [-0.3, -0.25) is 9.59 Å². The largest absolute Gasteiger partial charge is 0.503 e. The molecule has 0 radical (unpaired) electrons. The zero-order chi connectivity index (χ0) is 20.1. The van der Waals surface area contributed by atoms with E-state index in [1.54, 1.807) is 36.4 Å². The fourth-order valence-corrected chi connectivity index (χ4v) is 3.12. The van der Waals surface area contributed by atoms with Gasteiger partial charge in [0.2, 0.25) is 5.78 Å². The lowest BCUT2D eigenvalue weighted by Crippen LogP contribution is -2.34. The van der Waals surface area contributed by atoms with Crippen LogP contribution in [0.25, 0.3) is 0 Å². The number of methoxy groups -OCH3 is 1. The minimum atomic E-state index is -0.785. The van der Waals surface area contributed by atoms with Crippen LogP contribution in [0.1, 0.15) is 22.2 Å². The number of aliphatic hydroxyl groups is 1. The summed E-state index contributed by atoms with van der Waals surface area (Å²) >= 11 is 0. The second-order valence-corrected chi connectivity index (χ2v) is 6.13. The van der Waals surface area contributed by atoms with Crippen molar-refractivity contribution in [3.05, 3.63) is 78.0 Å². The van der Waals surface area contributed by atoms with Crippen LogP contribution in [-0.4, -0.2) is 48.6 Å². The van der Waals surface area contributed by atoms with Crippen LogP contribution in [0.4, 0.5) is 0 Å². The third-order valence-electron chi connectivity index (χ3n) is 4.37. The smallest absolute Gasteiger partial charge is 0.290 e. The van der Waals surface area contributed by atoms with Gasteiger partial charge in [0.25, 0.3) is 5.91 Å². The first-order valence-corrected chi connectivity index (χ1v) is 8.73. The molecule has 2 heterocycles. The number of carbonyl (C=O) groups excluding carboxylic acids is 2. The Morgan fingerprint density at radius 2 is 2.18 bits per heavy atom. The number of furan rings is 1. The first kappa shape index (κ1) is 19.4. The van der Waals surface area contributed by atoms with Crippen molar-refractivity contribution < 1.29 is 28.6 Å². The standard InChI is InChI=1S/C21H21NO6/c1-3-10-27-15-7-4-6-14(13-15)18-17(19(23)16-8-5-11-28-16)20(24)21(25)22(18)9-12-26-2/h3-8,11,13,18,24H,1,9-10,12H2,2H3/t18-/m1/s1. The Labute approximate surface area is 162 Å². The average Bonchev–Trinajstić information content (AvgIpc) is 3.33. The van der Waals surface area contributed by atoms with Crippen LogP contribution in [0.3, 0.4) is 0 Å². The summed E-state index contributed by atoms with van der Waals surface area (Å²) in [6, 6.07) is 9.31. The fourth-order valence-electron chi connectivity index (χ4n) is 3.12. The van der Waals surface area contributed by atoms with Crippen molar-refractivity contribution >= 4 is 11.7 Å². The van der Waals surface area contributed by atoms with Gasteiger partial charge in [-0.2, -0.15) is 0 Å². The van der Waals surface area contributed by atoms with Crippen LogP contribution >= 0.6 is 0 Å². The SMILES string of the molecule is C=CCOc1cccc([C@@H]2C(C(=O)c3ccco3)=C(O)C(=O)N2CCOC)c1. The van der Waals surface area contributed by atoms with Crippen molar-refractivity contribution in [2.75, 3.05) is 26.9 Å². The van der Waals surface area contributed by atoms with E-state index in [1.807, 2.05) is 0 Å². The van der Waals surface area contributed by atoms with Gasteiger partial charge in [0, 0.05) is 13.7 Å². The number of rotatable bonds is 9. The molecular formula is C21H21NO6. The number of hydrogen-bond donors (Lipinski definition) is 1. The lowest BCUT2D eigenvalue weighted by atomic mass is 9.95. The molecular weight excluding hydrogens is 362 g/mol. The van der Waals surface area contributed by atoms with E-state index in [2.05, 4.69) is 6.58 Å². The quantitative estimate of drug-likeness (QED) is 0.529. The second-order valence-electron chi connectivity index (χ2n) is 6.13. The van der Waals surface area contributed by atoms with E-state index in [1.165, 1.54) is 24.3 Å². The molecule has 1 aromatic heterocycles. The van der Waals surface area contributed by atoms with E-state index in [4.69, 9.17) is 13.9 Å². The van der Waals surface area contributed by atoms with E-state index >= 15 is 0 Å². The fraction of sp³-hybridized carbons (Fsp3) is 0.238. The number of hydrogen-bond acceptors (Lipinski definition) is 6. The van der Waals surface area contributed by atoms with Crippen molar-refractivity contribution in [3.8, 4) is 5.75 Å². The summed E-state index contributed by atoms with van der Waals surface area (Å²) in [4.78, 5) is 27.0. The van der Waals surface area contributed by atoms with E-state index in [-0.39, 0.29) is 24.5 Å². The molecule has 0 bridgehead atoms. The summed E-state index contributed by atoms with van der Waals surface area (Å²) in [5, 5.41) is 10.5. The molecule has 0 aliphatic carbocycles. The molecule has 2 aromatic rings. The highest BCUT2D eigenvalue weighted by molar-refractivity contribution is 6.15. The predicted octanol–water partition coefficient (Wildman–Crippen LogP) is 3.07. The molecule has 0 fully saturated rings. The maximum atomic E-state index is 13.0.